The van der Waals surface area contributed by atoms with Crippen LogP contribution in [0.3, 0.4) is 0 Å². The van der Waals surface area contributed by atoms with Crippen LogP contribution in [0.2, 0.25) is 0 Å². The number of aliphatic imine (C=N–C) groups is 1. The molecule has 0 unspecified atom stereocenters. The number of aromatic nitrogens is 1. The molecule has 0 aliphatic carbocycles. The molecule has 1 N–H and O–H groups in total. The van der Waals surface area contributed by atoms with Crippen LogP contribution in [-0.2, 0) is 4.74 Å². The molecule has 3 aliphatic rings. The van der Waals surface area contributed by atoms with Crippen LogP contribution in [0.25, 0.3) is 11.1 Å². The van der Waals surface area contributed by atoms with Gasteiger partial charge in [0.1, 0.15) is 23.6 Å². The van der Waals surface area contributed by atoms with E-state index in [4.69, 9.17) is 4.74 Å². The van der Waals surface area contributed by atoms with Crippen LogP contribution in [0.5, 0.6) is 0 Å². The van der Waals surface area contributed by atoms with Crippen molar-refractivity contribution in [3.05, 3.63) is 54.2 Å². The number of carbonyl (C=O) groups is 2. The van der Waals surface area contributed by atoms with Crippen LogP contribution in [0, 0.1) is 11.6 Å². The summed E-state index contributed by atoms with van der Waals surface area (Å²) in [6.45, 7) is 1.86. The number of halogens is 2. The quantitative estimate of drug-likeness (QED) is 0.723. The third-order valence-corrected chi connectivity index (χ3v) is 5.81. The van der Waals surface area contributed by atoms with E-state index in [1.165, 1.54) is 22.1 Å². The fourth-order valence-corrected chi connectivity index (χ4v) is 4.14. The van der Waals surface area contributed by atoms with Gasteiger partial charge in [0.05, 0.1) is 24.3 Å². The molecule has 10 heteroatoms. The Balaban J connectivity index is 1.31. The van der Waals surface area contributed by atoms with Gasteiger partial charge in [0.2, 0.25) is 0 Å². The molecule has 4 heterocycles. The smallest absolute Gasteiger partial charge is 0.414 e. The number of nitrogens with one attached hydrogen (secondary N) is 1. The van der Waals surface area contributed by atoms with Gasteiger partial charge in [-0.15, -0.1) is 0 Å². The van der Waals surface area contributed by atoms with Crippen molar-refractivity contribution in [1.82, 2.24) is 10.3 Å². The van der Waals surface area contributed by atoms with E-state index in [1.807, 2.05) is 12.2 Å². The molecule has 0 saturated carbocycles. The topological polar surface area (TPSA) is 87.1 Å². The second kappa shape index (κ2) is 8.61. The summed E-state index contributed by atoms with van der Waals surface area (Å²) in [6.07, 6.45) is 5.47. The molecule has 1 aromatic carbocycles. The zero-order valence-electron chi connectivity index (χ0n) is 17.6. The Morgan fingerprint density at radius 3 is 2.61 bits per heavy atom. The maximum absolute atomic E-state index is 14.9. The zero-order chi connectivity index (χ0) is 22.9. The number of hydrogen-bond donors (Lipinski definition) is 1. The summed E-state index contributed by atoms with van der Waals surface area (Å²) in [5, 5.41) is 2.67. The third-order valence-electron chi connectivity index (χ3n) is 5.81. The van der Waals surface area contributed by atoms with Gasteiger partial charge in [0, 0.05) is 30.6 Å². The Bertz CT molecular complexity index is 1140. The maximum atomic E-state index is 14.9. The molecule has 1 aromatic heterocycles. The minimum absolute atomic E-state index is 0.0951. The number of benzene rings is 1. The average molecular weight is 453 g/mol. The lowest BCUT2D eigenvalue weighted by molar-refractivity contribution is 0.138. The molecule has 0 spiro atoms. The largest absolute Gasteiger partial charge is 0.444 e. The van der Waals surface area contributed by atoms with Crippen LogP contribution in [0.4, 0.5) is 29.9 Å². The number of rotatable bonds is 6. The predicted molar refractivity (Wildman–Crippen MR) is 119 cm³/mol. The number of pyridine rings is 1. The van der Waals surface area contributed by atoms with Crippen LogP contribution < -0.4 is 15.1 Å². The minimum atomic E-state index is -0.819. The molecule has 3 aliphatic heterocycles. The van der Waals surface area contributed by atoms with Crippen molar-refractivity contribution in [2.24, 2.45) is 4.99 Å². The van der Waals surface area contributed by atoms with Crippen LogP contribution in [-0.4, -0.2) is 55.1 Å². The summed E-state index contributed by atoms with van der Waals surface area (Å²) >= 11 is 0. The average Bonchev–Trinajstić information content (AvgIpc) is 3.54. The zero-order valence-corrected chi connectivity index (χ0v) is 17.6. The molecule has 5 rings (SSSR count). The van der Waals surface area contributed by atoms with Gasteiger partial charge in [0.25, 0.3) is 0 Å². The Morgan fingerprint density at radius 1 is 1.15 bits per heavy atom. The van der Waals surface area contributed by atoms with Crippen LogP contribution >= 0.6 is 0 Å². The number of anilines is 2. The Kier molecular flexibility index (Phi) is 5.49. The summed E-state index contributed by atoms with van der Waals surface area (Å²) < 4.78 is 35.3. The number of cyclic esters (lactones) is 1. The summed E-state index contributed by atoms with van der Waals surface area (Å²) in [7, 11) is 0. The first-order chi connectivity index (χ1) is 16.0. The van der Waals surface area contributed by atoms with E-state index in [9.17, 15) is 18.4 Å². The van der Waals surface area contributed by atoms with Gasteiger partial charge in [-0.3, -0.25) is 14.8 Å². The van der Waals surface area contributed by atoms with Gasteiger partial charge in [-0.05, 0) is 43.2 Å². The van der Waals surface area contributed by atoms with Crippen molar-refractivity contribution in [1.29, 1.82) is 0 Å². The number of carbonyl (C=O) groups excluding carboxylic acids is 2. The fraction of sp³-hybridized carbons (Fsp3) is 0.304. The van der Waals surface area contributed by atoms with E-state index in [1.54, 1.807) is 6.07 Å². The van der Waals surface area contributed by atoms with E-state index < -0.39 is 17.7 Å². The van der Waals surface area contributed by atoms with Crippen molar-refractivity contribution in [2.75, 3.05) is 36.0 Å². The second-order valence-corrected chi connectivity index (χ2v) is 7.96. The molecule has 33 heavy (non-hydrogen) atoms. The first-order valence-corrected chi connectivity index (χ1v) is 10.7. The standard InChI is InChI=1S/C23H21F2N5O3/c24-18-10-16(30-13-17(33-23(30)32)5-4-15-2-1-7-26-15)11-19(25)21(18)14-3-6-20(28-12-14)29-9-8-27-22(29)31/h1-3,6,10-12,17H,4-5,7-9,13H2,(H,27,31)/t17-/m0/s1. The van der Waals surface area contributed by atoms with Gasteiger partial charge in [-0.25, -0.2) is 23.4 Å². The van der Waals surface area contributed by atoms with Gasteiger partial charge in [0.15, 0.2) is 0 Å². The number of urea groups is 1. The molecule has 170 valence electrons. The lowest BCUT2D eigenvalue weighted by Gasteiger charge is -2.16. The molecule has 2 aromatic rings. The molecule has 8 nitrogen and oxygen atoms in total. The highest BCUT2D eigenvalue weighted by molar-refractivity contribution is 5.96. The molecular formula is C23H21F2N5O3. The number of allylic oxidation sites excluding steroid dienone is 1. The third kappa shape index (κ3) is 4.15. The van der Waals surface area contributed by atoms with Crippen molar-refractivity contribution >= 4 is 29.3 Å². The molecule has 0 bridgehead atoms. The fourth-order valence-electron chi connectivity index (χ4n) is 4.14. The highest BCUT2D eigenvalue weighted by Crippen LogP contribution is 2.33. The minimum Gasteiger partial charge on any atom is -0.444 e. The highest BCUT2D eigenvalue weighted by Gasteiger charge is 2.33. The van der Waals surface area contributed by atoms with Crippen molar-refractivity contribution in [3.8, 4) is 11.1 Å². The lowest BCUT2D eigenvalue weighted by Crippen LogP contribution is -2.28. The number of hydrogen-bond acceptors (Lipinski definition) is 5. The van der Waals surface area contributed by atoms with Crippen molar-refractivity contribution in [3.63, 3.8) is 0 Å². The van der Waals surface area contributed by atoms with E-state index >= 15 is 0 Å². The van der Waals surface area contributed by atoms with Crippen LogP contribution in [0.15, 0.2) is 47.6 Å². The highest BCUT2D eigenvalue weighted by atomic mass is 19.1. The van der Waals surface area contributed by atoms with E-state index in [0.717, 1.165) is 17.8 Å². The maximum Gasteiger partial charge on any atom is 0.414 e. The molecule has 2 fully saturated rings. The summed E-state index contributed by atoms with van der Waals surface area (Å²) in [6, 6.07) is 5.02. The Morgan fingerprint density at radius 2 is 1.97 bits per heavy atom. The Hall–Kier alpha value is -3.82. The van der Waals surface area contributed by atoms with Crippen molar-refractivity contribution in [2.45, 2.75) is 18.9 Å². The first kappa shape index (κ1) is 21.0. The first-order valence-electron chi connectivity index (χ1n) is 10.7. The van der Waals surface area contributed by atoms with E-state index in [-0.39, 0.29) is 35.5 Å². The molecular weight excluding hydrogens is 432 g/mol. The number of amides is 3. The van der Waals surface area contributed by atoms with E-state index in [0.29, 0.717) is 38.3 Å². The summed E-state index contributed by atoms with van der Waals surface area (Å²) in [5.74, 6) is -1.24. The number of nitrogens with zero attached hydrogens (tertiary/aromatic N) is 4. The molecule has 0 radical (unpaired) electrons. The van der Waals surface area contributed by atoms with E-state index in [2.05, 4.69) is 15.3 Å². The van der Waals surface area contributed by atoms with Gasteiger partial charge < -0.3 is 10.1 Å². The summed E-state index contributed by atoms with van der Waals surface area (Å²) in [5.41, 5.74) is 1.03. The second-order valence-electron chi connectivity index (χ2n) is 7.96. The van der Waals surface area contributed by atoms with Crippen LogP contribution in [0.1, 0.15) is 12.8 Å². The molecule has 3 amide bonds. The number of ether oxygens (including phenoxy) is 1. The lowest BCUT2D eigenvalue weighted by atomic mass is 10.0. The Labute approximate surface area is 188 Å². The van der Waals surface area contributed by atoms with Crippen molar-refractivity contribution < 1.29 is 23.1 Å². The van der Waals surface area contributed by atoms with Gasteiger partial charge in [-0.1, -0.05) is 6.08 Å². The SMILES string of the molecule is O=C1O[C@@H](CCC2=NCC=C2)CN1c1cc(F)c(-c2ccc(N3CCNC3=O)nc2)c(F)c1. The normalized spacial score (nSPS) is 19.8. The monoisotopic (exact) mass is 453 g/mol. The molecule has 2 saturated heterocycles. The molecule has 1 atom stereocenters. The van der Waals surface area contributed by atoms with Gasteiger partial charge >= 0.3 is 12.1 Å². The van der Waals surface area contributed by atoms with Gasteiger partial charge in [-0.2, -0.15) is 0 Å². The predicted octanol–water partition coefficient (Wildman–Crippen LogP) is 3.67. The summed E-state index contributed by atoms with van der Waals surface area (Å²) in [4.78, 5) is 35.3.